The van der Waals surface area contributed by atoms with Gasteiger partial charge >= 0.3 is 0 Å². The topological polar surface area (TPSA) is 36.1 Å². The van der Waals surface area contributed by atoms with Crippen molar-refractivity contribution in [2.75, 3.05) is 32.7 Å². The van der Waals surface area contributed by atoms with Gasteiger partial charge in [0.05, 0.1) is 0 Å². The molecule has 0 unspecified atom stereocenters. The van der Waals surface area contributed by atoms with Crippen molar-refractivity contribution in [1.82, 2.24) is 16.0 Å². The Labute approximate surface area is 95.4 Å². The summed E-state index contributed by atoms with van der Waals surface area (Å²) in [5.74, 6) is 0.806. The van der Waals surface area contributed by atoms with Crippen molar-refractivity contribution in [1.29, 1.82) is 0 Å². The summed E-state index contributed by atoms with van der Waals surface area (Å²) in [7, 11) is 0. The Morgan fingerprint density at radius 3 is 1.80 bits per heavy atom. The predicted octanol–water partition coefficient (Wildman–Crippen LogP) is 1.21. The van der Waals surface area contributed by atoms with Gasteiger partial charge in [0.15, 0.2) is 0 Å². The summed E-state index contributed by atoms with van der Waals surface area (Å²) in [6, 6.07) is 0.593. The Hall–Kier alpha value is -0.120. The molecule has 0 aliphatic heterocycles. The highest BCUT2D eigenvalue weighted by Crippen LogP contribution is 1.95. The predicted molar refractivity (Wildman–Crippen MR) is 68.3 cm³/mol. The Bertz CT molecular complexity index is 110. The van der Waals surface area contributed by atoms with Crippen LogP contribution in [-0.4, -0.2) is 38.8 Å². The summed E-state index contributed by atoms with van der Waals surface area (Å²) in [5.41, 5.74) is 0. The van der Waals surface area contributed by atoms with E-state index in [0.717, 1.165) is 38.6 Å². The Balaban J connectivity index is 2.93. The Kier molecular flexibility index (Phi) is 10.3. The molecular weight excluding hydrogens is 186 g/mol. The van der Waals surface area contributed by atoms with Crippen molar-refractivity contribution in [2.45, 2.75) is 40.2 Å². The fourth-order valence-corrected chi connectivity index (χ4v) is 1.27. The molecule has 0 aliphatic carbocycles. The highest BCUT2D eigenvalue weighted by Gasteiger charge is 1.93. The van der Waals surface area contributed by atoms with Crippen molar-refractivity contribution < 1.29 is 0 Å². The molecular formula is C12H29N3. The van der Waals surface area contributed by atoms with Crippen LogP contribution in [0.3, 0.4) is 0 Å². The monoisotopic (exact) mass is 215 g/mol. The normalized spacial score (nSPS) is 11.6. The molecule has 0 heterocycles. The van der Waals surface area contributed by atoms with Crippen LogP contribution in [-0.2, 0) is 0 Å². The molecule has 0 rings (SSSR count). The molecule has 0 fully saturated rings. The summed E-state index contributed by atoms with van der Waals surface area (Å²) in [6.07, 6.45) is 1.27. The van der Waals surface area contributed by atoms with E-state index in [2.05, 4.69) is 43.6 Å². The first kappa shape index (κ1) is 14.9. The van der Waals surface area contributed by atoms with Gasteiger partial charge in [-0.25, -0.2) is 0 Å². The van der Waals surface area contributed by atoms with Crippen LogP contribution in [0.2, 0.25) is 0 Å². The molecule has 3 nitrogen and oxygen atoms in total. The summed E-state index contributed by atoms with van der Waals surface area (Å²) in [5, 5.41) is 10.2. The fraction of sp³-hybridized carbons (Fsp3) is 1.00. The maximum atomic E-state index is 3.43. The number of nitrogens with one attached hydrogen (secondary N) is 3. The zero-order chi connectivity index (χ0) is 11.5. The quantitative estimate of drug-likeness (QED) is 0.479. The molecule has 15 heavy (non-hydrogen) atoms. The zero-order valence-electron chi connectivity index (χ0n) is 10.9. The first-order valence-corrected chi connectivity index (χ1v) is 6.27. The van der Waals surface area contributed by atoms with Gasteiger partial charge in [-0.05, 0) is 18.9 Å². The van der Waals surface area contributed by atoms with Crippen LogP contribution in [0.5, 0.6) is 0 Å². The van der Waals surface area contributed by atoms with E-state index in [1.54, 1.807) is 0 Å². The number of hydrogen-bond donors (Lipinski definition) is 3. The van der Waals surface area contributed by atoms with Crippen molar-refractivity contribution in [3.05, 3.63) is 0 Å². The largest absolute Gasteiger partial charge is 0.315 e. The van der Waals surface area contributed by atoms with E-state index in [1.807, 2.05) is 0 Å². The lowest BCUT2D eigenvalue weighted by Crippen LogP contribution is -2.35. The summed E-state index contributed by atoms with van der Waals surface area (Å²) >= 11 is 0. The Morgan fingerprint density at radius 1 is 0.733 bits per heavy atom. The lowest BCUT2D eigenvalue weighted by atomic mass is 10.1. The van der Waals surface area contributed by atoms with Gasteiger partial charge in [-0.3, -0.25) is 0 Å². The molecule has 0 saturated carbocycles. The van der Waals surface area contributed by atoms with Crippen molar-refractivity contribution >= 4 is 0 Å². The second-order valence-electron chi connectivity index (χ2n) is 4.79. The van der Waals surface area contributed by atoms with Gasteiger partial charge in [0.2, 0.25) is 0 Å². The van der Waals surface area contributed by atoms with Crippen LogP contribution in [0.4, 0.5) is 0 Å². The lowest BCUT2D eigenvalue weighted by molar-refractivity contribution is 0.517. The maximum Gasteiger partial charge on any atom is 0.00791 e. The second-order valence-corrected chi connectivity index (χ2v) is 4.79. The minimum Gasteiger partial charge on any atom is -0.315 e. The van der Waals surface area contributed by atoms with Crippen LogP contribution in [0, 0.1) is 5.92 Å². The maximum absolute atomic E-state index is 3.43. The van der Waals surface area contributed by atoms with E-state index in [0.29, 0.717) is 6.04 Å². The number of hydrogen-bond acceptors (Lipinski definition) is 3. The van der Waals surface area contributed by atoms with Crippen LogP contribution in [0.25, 0.3) is 0 Å². The summed E-state index contributed by atoms with van der Waals surface area (Å²) in [6.45, 7) is 14.3. The van der Waals surface area contributed by atoms with Gasteiger partial charge in [-0.2, -0.15) is 0 Å². The highest BCUT2D eigenvalue weighted by atomic mass is 15.0. The molecule has 0 atom stereocenters. The third kappa shape index (κ3) is 13.9. The molecule has 0 aromatic rings. The lowest BCUT2D eigenvalue weighted by Gasteiger charge is -2.10. The van der Waals surface area contributed by atoms with E-state index in [9.17, 15) is 0 Å². The SMILES string of the molecule is CC(C)CCNCCNCCNC(C)C. The Morgan fingerprint density at radius 2 is 1.27 bits per heavy atom. The first-order chi connectivity index (χ1) is 7.13. The molecule has 0 aromatic heterocycles. The molecule has 3 N–H and O–H groups in total. The van der Waals surface area contributed by atoms with Gasteiger partial charge in [-0.1, -0.05) is 27.7 Å². The molecule has 0 spiro atoms. The van der Waals surface area contributed by atoms with Crippen LogP contribution in [0.1, 0.15) is 34.1 Å². The van der Waals surface area contributed by atoms with Crippen molar-refractivity contribution in [2.24, 2.45) is 5.92 Å². The zero-order valence-corrected chi connectivity index (χ0v) is 10.9. The minimum atomic E-state index is 0.593. The van der Waals surface area contributed by atoms with Gasteiger partial charge < -0.3 is 16.0 Å². The van der Waals surface area contributed by atoms with Crippen LogP contribution >= 0.6 is 0 Å². The van der Waals surface area contributed by atoms with E-state index in [4.69, 9.17) is 0 Å². The average Bonchev–Trinajstić information content (AvgIpc) is 2.14. The molecule has 3 heteroatoms. The standard InChI is InChI=1S/C12H29N3/c1-11(2)5-6-13-7-8-14-9-10-15-12(3)4/h11-15H,5-10H2,1-4H3. The molecule has 0 aromatic carbocycles. The molecule has 92 valence electrons. The fourth-order valence-electron chi connectivity index (χ4n) is 1.27. The van der Waals surface area contributed by atoms with Crippen LogP contribution in [0.15, 0.2) is 0 Å². The third-order valence-corrected chi connectivity index (χ3v) is 2.23. The van der Waals surface area contributed by atoms with Gasteiger partial charge in [0.25, 0.3) is 0 Å². The second kappa shape index (κ2) is 10.4. The molecule has 0 radical (unpaired) electrons. The molecule has 0 bridgehead atoms. The molecule has 0 aliphatic rings. The van der Waals surface area contributed by atoms with Crippen molar-refractivity contribution in [3.8, 4) is 0 Å². The highest BCUT2D eigenvalue weighted by molar-refractivity contribution is 4.57. The van der Waals surface area contributed by atoms with Gasteiger partial charge in [-0.15, -0.1) is 0 Å². The molecule has 0 saturated heterocycles. The van der Waals surface area contributed by atoms with E-state index in [1.165, 1.54) is 6.42 Å². The minimum absolute atomic E-state index is 0.593. The summed E-state index contributed by atoms with van der Waals surface area (Å²) in [4.78, 5) is 0. The smallest absolute Gasteiger partial charge is 0.00791 e. The summed E-state index contributed by atoms with van der Waals surface area (Å²) < 4.78 is 0. The number of rotatable bonds is 10. The molecule has 0 amide bonds. The third-order valence-electron chi connectivity index (χ3n) is 2.23. The van der Waals surface area contributed by atoms with Crippen molar-refractivity contribution in [3.63, 3.8) is 0 Å². The van der Waals surface area contributed by atoms with Gasteiger partial charge in [0.1, 0.15) is 0 Å². The first-order valence-electron chi connectivity index (χ1n) is 6.27. The van der Waals surface area contributed by atoms with E-state index < -0.39 is 0 Å². The van der Waals surface area contributed by atoms with E-state index in [-0.39, 0.29) is 0 Å². The average molecular weight is 215 g/mol. The van der Waals surface area contributed by atoms with E-state index >= 15 is 0 Å². The van der Waals surface area contributed by atoms with Crippen LogP contribution < -0.4 is 16.0 Å². The van der Waals surface area contributed by atoms with Gasteiger partial charge in [0, 0.05) is 32.2 Å².